The highest BCUT2D eigenvalue weighted by Crippen LogP contribution is 2.27. The third-order valence-electron chi connectivity index (χ3n) is 2.85. The first-order valence-electron chi connectivity index (χ1n) is 6.04. The van der Waals surface area contributed by atoms with E-state index < -0.39 is 10.0 Å². The molecule has 0 atom stereocenters. The molecule has 0 amide bonds. The Hall–Kier alpha value is -1.50. The number of hydrogen-bond acceptors (Lipinski definition) is 3. The number of sulfonamides is 1. The van der Waals surface area contributed by atoms with Crippen molar-refractivity contribution in [3.8, 4) is 0 Å². The highest BCUT2D eigenvalue weighted by molar-refractivity contribution is 7.92. The second kappa shape index (κ2) is 5.87. The van der Waals surface area contributed by atoms with Crippen LogP contribution < -0.4 is 10.0 Å². The number of para-hydroxylation sites is 1. The number of halogens is 1. The van der Waals surface area contributed by atoms with Crippen LogP contribution in [0, 0.1) is 6.92 Å². The Morgan fingerprint density at radius 2 is 2.10 bits per heavy atom. The van der Waals surface area contributed by atoms with Crippen molar-refractivity contribution in [3.05, 3.63) is 46.7 Å². The molecule has 0 aliphatic heterocycles. The molecule has 1 heterocycles. The highest BCUT2D eigenvalue weighted by Gasteiger charge is 2.18. The van der Waals surface area contributed by atoms with Gasteiger partial charge in [-0.1, -0.05) is 23.7 Å². The van der Waals surface area contributed by atoms with E-state index in [2.05, 4.69) is 15.0 Å². The summed E-state index contributed by atoms with van der Waals surface area (Å²) >= 11 is 6.03. The molecule has 0 aliphatic carbocycles. The molecule has 0 saturated carbocycles. The maximum absolute atomic E-state index is 12.3. The molecule has 0 spiro atoms. The minimum absolute atomic E-state index is 0.182. The van der Waals surface area contributed by atoms with E-state index in [9.17, 15) is 8.42 Å². The lowest BCUT2D eigenvalue weighted by molar-refractivity contribution is 0.601. The highest BCUT2D eigenvalue weighted by atomic mass is 35.5. The Kier molecular flexibility index (Phi) is 4.37. The number of H-pyrrole nitrogens is 1. The van der Waals surface area contributed by atoms with E-state index in [4.69, 9.17) is 11.6 Å². The van der Waals surface area contributed by atoms with Gasteiger partial charge in [0.05, 0.1) is 10.7 Å². The molecule has 2 aromatic rings. The van der Waals surface area contributed by atoms with E-state index >= 15 is 0 Å². The average Bonchev–Trinajstić information content (AvgIpc) is 2.84. The molecule has 7 heteroatoms. The van der Waals surface area contributed by atoms with E-state index in [0.717, 1.165) is 11.3 Å². The summed E-state index contributed by atoms with van der Waals surface area (Å²) in [5.74, 6) is 0. The molecule has 0 aliphatic rings. The number of aryl methyl sites for hydroxylation is 1. The van der Waals surface area contributed by atoms with Crippen molar-refractivity contribution in [2.45, 2.75) is 18.4 Å². The molecule has 3 N–H and O–H groups in total. The third-order valence-corrected chi connectivity index (χ3v) is 4.50. The van der Waals surface area contributed by atoms with Crippen LogP contribution in [-0.4, -0.2) is 20.4 Å². The molecule has 0 radical (unpaired) electrons. The van der Waals surface area contributed by atoms with E-state index in [1.165, 1.54) is 6.20 Å². The molecule has 0 bridgehead atoms. The summed E-state index contributed by atoms with van der Waals surface area (Å²) < 4.78 is 27.2. The van der Waals surface area contributed by atoms with Crippen molar-refractivity contribution >= 4 is 27.3 Å². The molecule has 0 saturated heterocycles. The van der Waals surface area contributed by atoms with Crippen LogP contribution in [0.2, 0.25) is 5.02 Å². The number of hydrogen-bond donors (Lipinski definition) is 3. The summed E-state index contributed by atoms with van der Waals surface area (Å²) in [6.45, 7) is 2.37. The first-order chi connectivity index (χ1) is 9.44. The Labute approximate surface area is 123 Å². The van der Waals surface area contributed by atoms with Gasteiger partial charge in [-0.2, -0.15) is 0 Å². The normalized spacial score (nSPS) is 11.6. The van der Waals surface area contributed by atoms with Gasteiger partial charge in [0.25, 0.3) is 10.0 Å². The number of nitrogens with one attached hydrogen (secondary N) is 3. The lowest BCUT2D eigenvalue weighted by Crippen LogP contribution is -2.13. The number of benzene rings is 1. The summed E-state index contributed by atoms with van der Waals surface area (Å²) in [6, 6.07) is 6.81. The molecule has 20 heavy (non-hydrogen) atoms. The van der Waals surface area contributed by atoms with Gasteiger partial charge < -0.3 is 10.3 Å². The topological polar surface area (TPSA) is 74.0 Å². The fourth-order valence-electron chi connectivity index (χ4n) is 1.82. The number of aromatic amines is 1. The van der Waals surface area contributed by atoms with Crippen molar-refractivity contribution in [1.82, 2.24) is 10.3 Å². The summed E-state index contributed by atoms with van der Waals surface area (Å²) in [5, 5.41) is 3.32. The van der Waals surface area contributed by atoms with Gasteiger partial charge in [-0.25, -0.2) is 8.42 Å². The Balaban J connectivity index is 2.31. The first-order valence-corrected chi connectivity index (χ1v) is 7.90. The van der Waals surface area contributed by atoms with Gasteiger partial charge in [0, 0.05) is 18.4 Å². The lowest BCUT2D eigenvalue weighted by atomic mass is 10.2. The van der Waals surface area contributed by atoms with Crippen LogP contribution in [0.5, 0.6) is 0 Å². The maximum Gasteiger partial charge on any atom is 0.263 e. The van der Waals surface area contributed by atoms with E-state index in [-0.39, 0.29) is 4.90 Å². The van der Waals surface area contributed by atoms with Crippen molar-refractivity contribution < 1.29 is 8.42 Å². The Bertz CT molecular complexity index is 690. The predicted octanol–water partition coefficient (Wildman–Crippen LogP) is 2.50. The molecule has 1 aromatic carbocycles. The lowest BCUT2D eigenvalue weighted by Gasteiger charge is -2.10. The van der Waals surface area contributed by atoms with Crippen LogP contribution in [0.3, 0.4) is 0 Å². The summed E-state index contributed by atoms with van der Waals surface area (Å²) in [7, 11) is -1.86. The van der Waals surface area contributed by atoms with Crippen molar-refractivity contribution in [1.29, 1.82) is 0 Å². The van der Waals surface area contributed by atoms with Gasteiger partial charge in [0.1, 0.15) is 4.90 Å². The number of aromatic nitrogens is 1. The SMILES string of the molecule is CNCc1cc(S(=O)(=O)Nc2c(C)cccc2Cl)c[nH]1. The van der Waals surface area contributed by atoms with Crippen molar-refractivity contribution in [2.75, 3.05) is 11.8 Å². The van der Waals surface area contributed by atoms with Crippen LogP contribution in [0.25, 0.3) is 0 Å². The van der Waals surface area contributed by atoms with E-state index in [0.29, 0.717) is 17.3 Å². The monoisotopic (exact) mass is 313 g/mol. The molecular formula is C13H16ClN3O2S. The predicted molar refractivity (Wildman–Crippen MR) is 80.6 cm³/mol. The zero-order valence-corrected chi connectivity index (χ0v) is 12.8. The minimum Gasteiger partial charge on any atom is -0.363 e. The fourth-order valence-corrected chi connectivity index (χ4v) is 3.32. The maximum atomic E-state index is 12.3. The first kappa shape index (κ1) is 14.9. The largest absolute Gasteiger partial charge is 0.363 e. The molecular weight excluding hydrogens is 298 g/mol. The number of rotatable bonds is 5. The average molecular weight is 314 g/mol. The molecule has 5 nitrogen and oxygen atoms in total. The molecule has 0 unspecified atom stereocenters. The van der Waals surface area contributed by atoms with Gasteiger partial charge in [-0.3, -0.25) is 4.72 Å². The third kappa shape index (κ3) is 3.15. The van der Waals surface area contributed by atoms with Gasteiger partial charge in [0.15, 0.2) is 0 Å². The molecule has 2 rings (SSSR count). The second-order valence-electron chi connectivity index (χ2n) is 4.43. The number of anilines is 1. The summed E-state index contributed by atoms with van der Waals surface area (Å²) in [4.78, 5) is 3.10. The van der Waals surface area contributed by atoms with Gasteiger partial charge in [0.2, 0.25) is 0 Å². The molecule has 1 aromatic heterocycles. The Morgan fingerprint density at radius 3 is 2.75 bits per heavy atom. The summed E-state index contributed by atoms with van der Waals surface area (Å²) in [6.07, 6.45) is 1.46. The smallest absolute Gasteiger partial charge is 0.263 e. The standard InChI is InChI=1S/C13H16ClN3O2S/c1-9-4-3-5-12(14)13(9)17-20(18,19)11-6-10(7-15-2)16-8-11/h3-6,8,15-17H,7H2,1-2H3. The van der Waals surface area contributed by atoms with Crippen LogP contribution in [0.4, 0.5) is 5.69 Å². The zero-order valence-electron chi connectivity index (χ0n) is 11.2. The van der Waals surface area contributed by atoms with Gasteiger partial charge in [-0.05, 0) is 31.7 Å². The van der Waals surface area contributed by atoms with Crippen LogP contribution >= 0.6 is 11.6 Å². The summed E-state index contributed by atoms with van der Waals surface area (Å²) in [5.41, 5.74) is 1.97. The quantitative estimate of drug-likeness (QED) is 0.794. The van der Waals surface area contributed by atoms with Crippen LogP contribution in [0.15, 0.2) is 35.4 Å². The zero-order chi connectivity index (χ0) is 14.8. The second-order valence-corrected chi connectivity index (χ2v) is 6.52. The van der Waals surface area contributed by atoms with Crippen LogP contribution in [0.1, 0.15) is 11.3 Å². The van der Waals surface area contributed by atoms with E-state index in [1.54, 1.807) is 38.2 Å². The van der Waals surface area contributed by atoms with E-state index in [1.807, 2.05) is 0 Å². The van der Waals surface area contributed by atoms with Gasteiger partial charge in [-0.15, -0.1) is 0 Å². The fraction of sp³-hybridized carbons (Fsp3) is 0.231. The van der Waals surface area contributed by atoms with Gasteiger partial charge >= 0.3 is 0 Å². The molecule has 108 valence electrons. The van der Waals surface area contributed by atoms with Crippen LogP contribution in [-0.2, 0) is 16.6 Å². The minimum atomic E-state index is -3.65. The molecule has 0 fully saturated rings. The Morgan fingerprint density at radius 1 is 1.35 bits per heavy atom. The van der Waals surface area contributed by atoms with Crippen molar-refractivity contribution in [3.63, 3.8) is 0 Å². The van der Waals surface area contributed by atoms with Crippen molar-refractivity contribution in [2.24, 2.45) is 0 Å².